The van der Waals surface area contributed by atoms with Crippen molar-refractivity contribution in [3.05, 3.63) is 58.4 Å². The van der Waals surface area contributed by atoms with E-state index in [0.29, 0.717) is 11.1 Å². The summed E-state index contributed by atoms with van der Waals surface area (Å²) in [4.78, 5) is 52.0. The third-order valence-corrected chi connectivity index (χ3v) is 6.45. The molecule has 0 bridgehead atoms. The van der Waals surface area contributed by atoms with E-state index < -0.39 is 41.5 Å². The van der Waals surface area contributed by atoms with Crippen molar-refractivity contribution in [3.8, 4) is 0 Å². The van der Waals surface area contributed by atoms with Gasteiger partial charge in [0.15, 0.2) is 0 Å². The topological polar surface area (TPSA) is 141 Å². The standard InChI is InChI=1S/C26H31NO9/c1-15-17(10-11-19(28)33-3)22(24(31)35-14-16-8-6-5-7-9-16)27-21(15)23(30)18-12-26(2,25(32)36-18)13-20(29)34-4/h5-9,18,23,27,30H,10-14H2,1-4H3/t18-,23-,26+/m0/s1. The van der Waals surface area contributed by atoms with E-state index in [-0.39, 0.29) is 43.7 Å². The minimum absolute atomic E-state index is 0.0132. The largest absolute Gasteiger partial charge is 0.469 e. The predicted octanol–water partition coefficient (Wildman–Crippen LogP) is 2.70. The summed E-state index contributed by atoms with van der Waals surface area (Å²) >= 11 is 0. The smallest absolute Gasteiger partial charge is 0.355 e. The van der Waals surface area contributed by atoms with Crippen LogP contribution in [-0.4, -0.2) is 54.3 Å². The van der Waals surface area contributed by atoms with Gasteiger partial charge in [-0.05, 0) is 37.0 Å². The average Bonchev–Trinajstić information content (AvgIpc) is 3.36. The molecule has 0 amide bonds. The lowest BCUT2D eigenvalue weighted by Gasteiger charge is -2.19. The number of aliphatic hydroxyl groups excluding tert-OH is 1. The Kier molecular flexibility index (Phi) is 8.52. The van der Waals surface area contributed by atoms with Crippen LogP contribution in [0.2, 0.25) is 0 Å². The summed E-state index contributed by atoms with van der Waals surface area (Å²) in [5.74, 6) is -2.28. The normalized spacial score (nSPS) is 19.9. The molecule has 2 N–H and O–H groups in total. The number of methoxy groups -OCH3 is 2. The van der Waals surface area contributed by atoms with Crippen molar-refractivity contribution in [1.82, 2.24) is 4.98 Å². The third-order valence-electron chi connectivity index (χ3n) is 6.45. The molecule has 0 saturated carbocycles. The van der Waals surface area contributed by atoms with Crippen molar-refractivity contribution in [1.29, 1.82) is 0 Å². The Morgan fingerprint density at radius 3 is 2.47 bits per heavy atom. The second kappa shape index (κ2) is 11.4. The first-order valence-corrected chi connectivity index (χ1v) is 11.5. The molecular weight excluding hydrogens is 470 g/mol. The van der Waals surface area contributed by atoms with E-state index in [1.54, 1.807) is 13.8 Å². The lowest BCUT2D eigenvalue weighted by molar-refractivity contribution is -0.156. The summed E-state index contributed by atoms with van der Waals surface area (Å²) in [6, 6.07) is 9.15. The molecule has 1 aliphatic rings. The Hall–Kier alpha value is -3.66. The Labute approximate surface area is 208 Å². The highest BCUT2D eigenvalue weighted by molar-refractivity contribution is 5.90. The van der Waals surface area contributed by atoms with Gasteiger partial charge in [0.05, 0.1) is 31.7 Å². The maximum atomic E-state index is 13.0. The van der Waals surface area contributed by atoms with Crippen LogP contribution in [0, 0.1) is 12.3 Å². The molecule has 1 fully saturated rings. The summed E-state index contributed by atoms with van der Waals surface area (Å²) in [5.41, 5.74) is 1.05. The van der Waals surface area contributed by atoms with Crippen molar-refractivity contribution in [2.75, 3.05) is 14.2 Å². The average molecular weight is 502 g/mol. The van der Waals surface area contributed by atoms with Crippen molar-refractivity contribution < 1.29 is 43.2 Å². The minimum atomic E-state index is -1.30. The molecule has 0 spiro atoms. The molecule has 1 aliphatic heterocycles. The minimum Gasteiger partial charge on any atom is -0.469 e. The number of cyclic esters (lactones) is 1. The van der Waals surface area contributed by atoms with Crippen LogP contribution in [-0.2, 0) is 46.4 Å². The van der Waals surface area contributed by atoms with E-state index in [1.807, 2.05) is 30.3 Å². The number of benzene rings is 1. The lowest BCUT2D eigenvalue weighted by Crippen LogP contribution is -2.26. The van der Waals surface area contributed by atoms with Crippen LogP contribution in [0.3, 0.4) is 0 Å². The molecule has 0 radical (unpaired) electrons. The molecule has 10 nitrogen and oxygen atoms in total. The molecular formula is C26H31NO9. The number of hydrogen-bond donors (Lipinski definition) is 2. The van der Waals surface area contributed by atoms with Crippen molar-refractivity contribution in [2.24, 2.45) is 5.41 Å². The van der Waals surface area contributed by atoms with Gasteiger partial charge < -0.3 is 29.0 Å². The fourth-order valence-electron chi connectivity index (χ4n) is 4.31. The zero-order valence-corrected chi connectivity index (χ0v) is 20.8. The van der Waals surface area contributed by atoms with Gasteiger partial charge in [0.2, 0.25) is 0 Å². The first-order valence-electron chi connectivity index (χ1n) is 11.5. The number of esters is 4. The number of nitrogens with one attached hydrogen (secondary N) is 1. The fourth-order valence-corrected chi connectivity index (χ4v) is 4.31. The number of ether oxygens (including phenoxy) is 4. The Balaban J connectivity index is 1.85. The maximum Gasteiger partial charge on any atom is 0.355 e. The van der Waals surface area contributed by atoms with Gasteiger partial charge in [-0.25, -0.2) is 4.79 Å². The molecule has 2 heterocycles. The van der Waals surface area contributed by atoms with E-state index in [9.17, 15) is 24.3 Å². The highest BCUT2D eigenvalue weighted by atomic mass is 16.6. The number of rotatable bonds is 10. The molecule has 1 aromatic carbocycles. The van der Waals surface area contributed by atoms with Gasteiger partial charge >= 0.3 is 23.9 Å². The molecule has 0 unspecified atom stereocenters. The van der Waals surface area contributed by atoms with Crippen LogP contribution in [0.15, 0.2) is 30.3 Å². The zero-order valence-electron chi connectivity index (χ0n) is 20.8. The SMILES string of the molecule is COC(=O)CCc1c(C(=O)OCc2ccccc2)[nH]c([C@@H](O)[C@@H]2C[C@](C)(CC(=O)OC)C(=O)O2)c1C. The molecule has 36 heavy (non-hydrogen) atoms. The van der Waals surface area contributed by atoms with Gasteiger partial charge in [-0.1, -0.05) is 30.3 Å². The van der Waals surface area contributed by atoms with Crippen molar-refractivity contribution in [3.63, 3.8) is 0 Å². The van der Waals surface area contributed by atoms with Crippen molar-refractivity contribution >= 4 is 23.9 Å². The van der Waals surface area contributed by atoms with Crippen LogP contribution >= 0.6 is 0 Å². The molecule has 194 valence electrons. The number of hydrogen-bond acceptors (Lipinski definition) is 9. The Morgan fingerprint density at radius 1 is 1.17 bits per heavy atom. The number of aromatic amines is 1. The molecule has 10 heteroatoms. The van der Waals surface area contributed by atoms with Crippen LogP contribution in [0.4, 0.5) is 0 Å². The molecule has 2 aromatic rings. The number of aliphatic hydroxyl groups is 1. The zero-order chi connectivity index (χ0) is 26.5. The number of carbonyl (C=O) groups excluding carboxylic acids is 4. The highest BCUT2D eigenvalue weighted by Crippen LogP contribution is 2.42. The summed E-state index contributed by atoms with van der Waals surface area (Å²) in [5, 5.41) is 11.1. The number of carbonyl (C=O) groups is 4. The summed E-state index contributed by atoms with van der Waals surface area (Å²) in [6.07, 6.45) is -2.18. The second-order valence-electron chi connectivity index (χ2n) is 9.06. The lowest BCUT2D eigenvalue weighted by atomic mass is 9.82. The van der Waals surface area contributed by atoms with Gasteiger partial charge in [0.25, 0.3) is 0 Å². The molecule has 1 aromatic heterocycles. The van der Waals surface area contributed by atoms with Gasteiger partial charge in [-0.15, -0.1) is 0 Å². The number of H-pyrrole nitrogens is 1. The van der Waals surface area contributed by atoms with E-state index in [2.05, 4.69) is 9.72 Å². The number of aromatic nitrogens is 1. The quantitative estimate of drug-likeness (QED) is 0.371. The van der Waals surface area contributed by atoms with Crippen LogP contribution in [0.5, 0.6) is 0 Å². The van der Waals surface area contributed by atoms with Gasteiger partial charge in [0.1, 0.15) is 24.5 Å². The van der Waals surface area contributed by atoms with E-state index in [0.717, 1.165) is 5.56 Å². The van der Waals surface area contributed by atoms with Crippen molar-refractivity contribution in [2.45, 2.75) is 58.3 Å². The van der Waals surface area contributed by atoms with Gasteiger partial charge in [0, 0.05) is 12.8 Å². The van der Waals surface area contributed by atoms with Crippen LogP contribution in [0.25, 0.3) is 0 Å². The predicted molar refractivity (Wildman–Crippen MR) is 126 cm³/mol. The third kappa shape index (κ3) is 5.93. The van der Waals surface area contributed by atoms with E-state index >= 15 is 0 Å². The first-order chi connectivity index (χ1) is 17.1. The Bertz CT molecular complexity index is 1120. The van der Waals surface area contributed by atoms with E-state index in [4.69, 9.17) is 14.2 Å². The Morgan fingerprint density at radius 2 is 1.83 bits per heavy atom. The van der Waals surface area contributed by atoms with Crippen LogP contribution in [0.1, 0.15) is 65.2 Å². The van der Waals surface area contributed by atoms with Gasteiger partial charge in [-0.2, -0.15) is 0 Å². The molecule has 0 aliphatic carbocycles. The second-order valence-corrected chi connectivity index (χ2v) is 9.06. The molecule has 3 rings (SSSR count). The monoisotopic (exact) mass is 501 g/mol. The molecule has 3 atom stereocenters. The van der Waals surface area contributed by atoms with E-state index in [1.165, 1.54) is 14.2 Å². The van der Waals surface area contributed by atoms with Gasteiger partial charge in [-0.3, -0.25) is 14.4 Å². The molecule has 1 saturated heterocycles. The summed E-state index contributed by atoms with van der Waals surface area (Å²) < 4.78 is 20.3. The first kappa shape index (κ1) is 26.9. The fraction of sp³-hybridized carbons (Fsp3) is 0.462. The maximum absolute atomic E-state index is 13.0. The van der Waals surface area contributed by atoms with Crippen LogP contribution < -0.4 is 0 Å². The highest BCUT2D eigenvalue weighted by Gasteiger charge is 2.50. The summed E-state index contributed by atoms with van der Waals surface area (Å²) in [6.45, 7) is 3.31. The summed E-state index contributed by atoms with van der Waals surface area (Å²) in [7, 11) is 2.51.